The van der Waals surface area contributed by atoms with Crippen LogP contribution in [0, 0.1) is 6.92 Å². The van der Waals surface area contributed by atoms with E-state index >= 15 is 0 Å². The number of nitrogens with one attached hydrogen (secondary N) is 2. The Morgan fingerprint density at radius 1 is 1.35 bits per heavy atom. The fraction of sp³-hybridized carbons (Fsp3) is 0.462. The molecule has 17 heavy (non-hydrogen) atoms. The molecule has 0 saturated carbocycles. The number of imidazole rings is 1. The van der Waals surface area contributed by atoms with Crippen molar-refractivity contribution in [2.45, 2.75) is 13.0 Å². The minimum Gasteiger partial charge on any atom is -0.331 e. The van der Waals surface area contributed by atoms with Gasteiger partial charge in [0.05, 0.1) is 11.0 Å². The first-order valence-electron chi connectivity index (χ1n) is 6.13. The lowest BCUT2D eigenvalue weighted by molar-refractivity contribution is 0.430. The van der Waals surface area contributed by atoms with Crippen molar-refractivity contribution in [3.63, 3.8) is 0 Å². The van der Waals surface area contributed by atoms with Gasteiger partial charge in [0, 0.05) is 32.7 Å². The number of piperazine rings is 1. The van der Waals surface area contributed by atoms with Crippen LogP contribution in [-0.4, -0.2) is 29.2 Å². The number of hydrogen-bond donors (Lipinski definition) is 2. The van der Waals surface area contributed by atoms with Crippen molar-refractivity contribution in [1.29, 1.82) is 0 Å². The summed E-state index contributed by atoms with van der Waals surface area (Å²) in [5.74, 6) is 1.06. The Morgan fingerprint density at radius 3 is 3.00 bits per heavy atom. The normalized spacial score (nSPS) is 20.9. The quantitative estimate of drug-likeness (QED) is 0.771. The first kappa shape index (κ1) is 10.7. The van der Waals surface area contributed by atoms with Gasteiger partial charge in [0.25, 0.3) is 0 Å². The summed E-state index contributed by atoms with van der Waals surface area (Å²) in [5.41, 5.74) is 3.62. The highest BCUT2D eigenvalue weighted by Crippen LogP contribution is 2.21. The number of benzene rings is 1. The maximum absolute atomic E-state index is 4.58. The van der Waals surface area contributed by atoms with E-state index in [1.807, 2.05) is 6.92 Å². The molecule has 0 amide bonds. The molecule has 90 valence electrons. The van der Waals surface area contributed by atoms with Crippen LogP contribution in [0.3, 0.4) is 0 Å². The molecule has 1 fully saturated rings. The van der Waals surface area contributed by atoms with Gasteiger partial charge in [-0.1, -0.05) is 6.07 Å². The number of aryl methyl sites for hydroxylation is 2. The zero-order valence-electron chi connectivity index (χ0n) is 10.3. The highest BCUT2D eigenvalue weighted by molar-refractivity contribution is 5.77. The van der Waals surface area contributed by atoms with E-state index in [4.69, 9.17) is 0 Å². The third-order valence-corrected chi connectivity index (χ3v) is 3.57. The fourth-order valence-corrected chi connectivity index (χ4v) is 2.44. The van der Waals surface area contributed by atoms with Gasteiger partial charge >= 0.3 is 0 Å². The van der Waals surface area contributed by atoms with Gasteiger partial charge in [-0.25, -0.2) is 4.98 Å². The van der Waals surface area contributed by atoms with Crippen molar-refractivity contribution >= 4 is 11.0 Å². The lowest BCUT2D eigenvalue weighted by Crippen LogP contribution is -2.42. The highest BCUT2D eigenvalue weighted by Gasteiger charge is 2.15. The summed E-state index contributed by atoms with van der Waals surface area (Å²) in [6, 6.07) is 6.98. The third kappa shape index (κ3) is 1.83. The topological polar surface area (TPSA) is 41.9 Å². The van der Waals surface area contributed by atoms with Gasteiger partial charge in [-0.15, -0.1) is 0 Å². The molecule has 1 unspecified atom stereocenters. The molecule has 2 aromatic rings. The first-order valence-corrected chi connectivity index (χ1v) is 6.13. The van der Waals surface area contributed by atoms with E-state index in [9.17, 15) is 0 Å². The molecule has 4 heteroatoms. The van der Waals surface area contributed by atoms with Gasteiger partial charge in [-0.2, -0.15) is 0 Å². The first-order chi connectivity index (χ1) is 8.25. The summed E-state index contributed by atoms with van der Waals surface area (Å²) >= 11 is 0. The minimum absolute atomic E-state index is 0.412. The van der Waals surface area contributed by atoms with Crippen LogP contribution >= 0.6 is 0 Å². The summed E-state index contributed by atoms with van der Waals surface area (Å²) in [5, 5.41) is 6.93. The standard InChI is InChI=1S/C13H18N4/c1-9-16-11-7-10(3-4-13(11)17(9)2)12-8-14-5-6-15-12/h3-4,7,12,14-15H,5-6,8H2,1-2H3. The molecule has 1 aromatic heterocycles. The van der Waals surface area contributed by atoms with E-state index in [1.54, 1.807) is 0 Å². The maximum Gasteiger partial charge on any atom is 0.106 e. The second-order valence-corrected chi connectivity index (χ2v) is 4.68. The largest absolute Gasteiger partial charge is 0.331 e. The predicted molar refractivity (Wildman–Crippen MR) is 69.1 cm³/mol. The molecule has 2 heterocycles. The molecule has 0 aliphatic carbocycles. The average molecular weight is 230 g/mol. The molecule has 1 atom stereocenters. The van der Waals surface area contributed by atoms with E-state index < -0.39 is 0 Å². The smallest absolute Gasteiger partial charge is 0.106 e. The minimum atomic E-state index is 0.412. The molecular formula is C13H18N4. The second kappa shape index (κ2) is 4.13. The Balaban J connectivity index is 2.01. The average Bonchev–Trinajstić information content (AvgIpc) is 2.66. The van der Waals surface area contributed by atoms with Crippen molar-refractivity contribution < 1.29 is 0 Å². The lowest BCUT2D eigenvalue weighted by atomic mass is 10.0. The van der Waals surface area contributed by atoms with Crippen LogP contribution in [0.5, 0.6) is 0 Å². The van der Waals surface area contributed by atoms with Crippen LogP contribution in [0.25, 0.3) is 11.0 Å². The zero-order chi connectivity index (χ0) is 11.8. The van der Waals surface area contributed by atoms with Crippen LogP contribution in [0.4, 0.5) is 0 Å². The zero-order valence-corrected chi connectivity index (χ0v) is 10.3. The van der Waals surface area contributed by atoms with Gasteiger partial charge in [-0.3, -0.25) is 0 Å². The van der Waals surface area contributed by atoms with Crippen molar-refractivity contribution in [2.24, 2.45) is 7.05 Å². The Morgan fingerprint density at radius 2 is 2.24 bits per heavy atom. The third-order valence-electron chi connectivity index (χ3n) is 3.57. The monoisotopic (exact) mass is 230 g/mol. The molecule has 0 spiro atoms. The van der Waals surface area contributed by atoms with E-state index in [2.05, 4.69) is 45.4 Å². The molecule has 1 aliphatic heterocycles. The van der Waals surface area contributed by atoms with Gasteiger partial charge < -0.3 is 15.2 Å². The van der Waals surface area contributed by atoms with Crippen LogP contribution in [0.15, 0.2) is 18.2 Å². The molecule has 1 saturated heterocycles. The van der Waals surface area contributed by atoms with Crippen LogP contribution in [0.2, 0.25) is 0 Å². The van der Waals surface area contributed by atoms with Crippen LogP contribution < -0.4 is 10.6 Å². The van der Waals surface area contributed by atoms with Crippen LogP contribution in [0.1, 0.15) is 17.4 Å². The number of nitrogens with zero attached hydrogens (tertiary/aromatic N) is 2. The van der Waals surface area contributed by atoms with Crippen molar-refractivity contribution in [2.75, 3.05) is 19.6 Å². The van der Waals surface area contributed by atoms with E-state index in [0.717, 1.165) is 31.0 Å². The van der Waals surface area contributed by atoms with E-state index in [0.29, 0.717) is 6.04 Å². The molecule has 3 rings (SSSR count). The summed E-state index contributed by atoms with van der Waals surface area (Å²) < 4.78 is 2.13. The number of fused-ring (bicyclic) bond motifs is 1. The number of rotatable bonds is 1. The van der Waals surface area contributed by atoms with E-state index in [1.165, 1.54) is 11.1 Å². The van der Waals surface area contributed by atoms with Crippen molar-refractivity contribution in [3.05, 3.63) is 29.6 Å². The van der Waals surface area contributed by atoms with E-state index in [-0.39, 0.29) is 0 Å². The van der Waals surface area contributed by atoms with Gasteiger partial charge in [0.2, 0.25) is 0 Å². The maximum atomic E-state index is 4.58. The lowest BCUT2D eigenvalue weighted by Gasteiger charge is -2.24. The summed E-state index contributed by atoms with van der Waals surface area (Å²) in [6.45, 7) is 5.13. The molecule has 0 radical (unpaired) electrons. The fourth-order valence-electron chi connectivity index (χ4n) is 2.44. The summed E-state index contributed by atoms with van der Waals surface area (Å²) in [6.07, 6.45) is 0. The van der Waals surface area contributed by atoms with Gasteiger partial charge in [0.15, 0.2) is 0 Å². The Bertz CT molecular complexity index is 538. The molecule has 4 nitrogen and oxygen atoms in total. The Hall–Kier alpha value is -1.39. The highest BCUT2D eigenvalue weighted by atomic mass is 15.1. The molecule has 2 N–H and O–H groups in total. The predicted octanol–water partition coefficient (Wildman–Crippen LogP) is 1.12. The Labute approximate surface area is 101 Å². The molecule has 0 bridgehead atoms. The van der Waals surface area contributed by atoms with Crippen molar-refractivity contribution in [3.8, 4) is 0 Å². The molecule has 1 aromatic carbocycles. The second-order valence-electron chi connectivity index (χ2n) is 4.68. The van der Waals surface area contributed by atoms with Gasteiger partial charge in [0.1, 0.15) is 5.82 Å². The summed E-state index contributed by atoms with van der Waals surface area (Å²) in [4.78, 5) is 4.58. The Kier molecular flexibility index (Phi) is 2.61. The SMILES string of the molecule is Cc1nc2cc(C3CNCCN3)ccc2n1C. The van der Waals surface area contributed by atoms with Crippen LogP contribution in [-0.2, 0) is 7.05 Å². The number of hydrogen-bond acceptors (Lipinski definition) is 3. The van der Waals surface area contributed by atoms with Gasteiger partial charge in [-0.05, 0) is 24.6 Å². The molecular weight excluding hydrogens is 212 g/mol. The molecule has 1 aliphatic rings. The summed E-state index contributed by atoms with van der Waals surface area (Å²) in [7, 11) is 2.06. The number of aromatic nitrogens is 2. The van der Waals surface area contributed by atoms with Crippen molar-refractivity contribution in [1.82, 2.24) is 20.2 Å².